The molecule has 1 aromatic rings. The van der Waals surface area contributed by atoms with Crippen LogP contribution in [0.15, 0.2) is 10.7 Å². The Hall–Kier alpha value is -0.680. The number of hydrogen-bond acceptors (Lipinski definition) is 4. The first-order valence-electron chi connectivity index (χ1n) is 6.07. The third-order valence-electron chi connectivity index (χ3n) is 3.94. The van der Waals surface area contributed by atoms with E-state index in [4.69, 9.17) is 0 Å². The normalized spacial score (nSPS) is 31.9. The van der Waals surface area contributed by atoms with Crippen molar-refractivity contribution in [3.05, 3.63) is 16.5 Å². The fraction of sp³-hybridized carbons (Fsp3) is 0.667. The van der Waals surface area contributed by atoms with E-state index < -0.39 is 0 Å². The van der Waals surface area contributed by atoms with Crippen LogP contribution in [0.4, 0.5) is 5.82 Å². The summed E-state index contributed by atoms with van der Waals surface area (Å²) in [6.45, 7) is 3.85. The number of anilines is 1. The minimum atomic E-state index is -0.114. The fourth-order valence-corrected chi connectivity index (χ4v) is 3.56. The van der Waals surface area contributed by atoms with Gasteiger partial charge in [0, 0.05) is 25.1 Å². The van der Waals surface area contributed by atoms with Crippen molar-refractivity contribution in [2.75, 3.05) is 18.0 Å². The molecule has 1 aliphatic carbocycles. The maximum atomic E-state index is 9.90. The molecule has 0 bridgehead atoms. The number of nitrogens with zero attached hydrogens (tertiary/aromatic N) is 3. The van der Waals surface area contributed by atoms with E-state index in [0.29, 0.717) is 11.8 Å². The summed E-state index contributed by atoms with van der Waals surface area (Å²) < 4.78 is 0.831. The van der Waals surface area contributed by atoms with Gasteiger partial charge in [-0.05, 0) is 41.6 Å². The summed E-state index contributed by atoms with van der Waals surface area (Å²) in [5.41, 5.74) is 0. The third-order valence-corrected chi connectivity index (χ3v) is 4.34. The number of aliphatic hydroxyl groups is 1. The van der Waals surface area contributed by atoms with Gasteiger partial charge >= 0.3 is 0 Å². The maximum absolute atomic E-state index is 9.90. The molecule has 5 heteroatoms. The van der Waals surface area contributed by atoms with Gasteiger partial charge in [-0.3, -0.25) is 0 Å². The number of halogens is 1. The highest BCUT2D eigenvalue weighted by molar-refractivity contribution is 9.10. The fourth-order valence-electron chi connectivity index (χ4n) is 3.10. The van der Waals surface area contributed by atoms with Gasteiger partial charge in [0.05, 0.1) is 6.10 Å². The molecule has 1 aliphatic heterocycles. The zero-order chi connectivity index (χ0) is 12.0. The Kier molecular flexibility index (Phi) is 2.83. The van der Waals surface area contributed by atoms with Crippen molar-refractivity contribution in [3.63, 3.8) is 0 Å². The lowest BCUT2D eigenvalue weighted by Gasteiger charge is -2.19. The van der Waals surface area contributed by atoms with Gasteiger partial charge in [-0.2, -0.15) is 0 Å². The summed E-state index contributed by atoms with van der Waals surface area (Å²) in [6, 6.07) is 1.96. The van der Waals surface area contributed by atoms with E-state index in [0.717, 1.165) is 42.2 Å². The third kappa shape index (κ3) is 2.06. The van der Waals surface area contributed by atoms with Crippen LogP contribution in [-0.4, -0.2) is 34.3 Å². The predicted octanol–water partition coefficient (Wildman–Crippen LogP) is 1.75. The molecule has 0 spiro atoms. The Balaban J connectivity index is 1.82. The number of aliphatic hydroxyl groups excluding tert-OH is 1. The lowest BCUT2D eigenvalue weighted by molar-refractivity contribution is 0.133. The maximum Gasteiger partial charge on any atom is 0.133 e. The first-order chi connectivity index (χ1) is 8.13. The molecule has 2 aliphatic rings. The van der Waals surface area contributed by atoms with Crippen molar-refractivity contribution >= 4 is 21.7 Å². The Morgan fingerprint density at radius 3 is 2.88 bits per heavy atom. The molecular formula is C12H16BrN3O. The van der Waals surface area contributed by atoms with Crippen molar-refractivity contribution in [1.82, 2.24) is 9.97 Å². The first-order valence-corrected chi connectivity index (χ1v) is 6.87. The Bertz CT molecular complexity index is 420. The van der Waals surface area contributed by atoms with E-state index in [9.17, 15) is 5.11 Å². The van der Waals surface area contributed by atoms with Crippen LogP contribution in [0.25, 0.3) is 0 Å². The molecule has 1 saturated carbocycles. The lowest BCUT2D eigenvalue weighted by atomic mass is 10.00. The van der Waals surface area contributed by atoms with Crippen molar-refractivity contribution in [3.8, 4) is 0 Å². The Morgan fingerprint density at radius 2 is 2.18 bits per heavy atom. The highest BCUT2D eigenvalue weighted by atomic mass is 79.9. The summed E-state index contributed by atoms with van der Waals surface area (Å²) in [7, 11) is 0. The van der Waals surface area contributed by atoms with Gasteiger partial charge in [-0.15, -0.1) is 0 Å². The molecular weight excluding hydrogens is 282 g/mol. The van der Waals surface area contributed by atoms with Crippen LogP contribution >= 0.6 is 15.9 Å². The average molecular weight is 298 g/mol. The SMILES string of the molecule is Cc1nc(Br)cc(N2CC3CCC(O)C3C2)n1. The summed E-state index contributed by atoms with van der Waals surface area (Å²) in [4.78, 5) is 11.0. The van der Waals surface area contributed by atoms with Gasteiger partial charge in [-0.1, -0.05) is 0 Å². The first kappa shape index (κ1) is 11.4. The molecule has 1 N–H and O–H groups in total. The number of aryl methyl sites for hydroxylation is 1. The minimum Gasteiger partial charge on any atom is -0.393 e. The second kappa shape index (κ2) is 4.21. The molecule has 3 unspecified atom stereocenters. The quantitative estimate of drug-likeness (QED) is 0.803. The van der Waals surface area contributed by atoms with E-state index in [-0.39, 0.29) is 6.10 Å². The second-order valence-corrected chi connectivity index (χ2v) is 5.88. The number of hydrogen-bond donors (Lipinski definition) is 1. The van der Waals surface area contributed by atoms with Crippen LogP contribution in [-0.2, 0) is 0 Å². The zero-order valence-electron chi connectivity index (χ0n) is 9.80. The van der Waals surface area contributed by atoms with Crippen molar-refractivity contribution < 1.29 is 5.11 Å². The van der Waals surface area contributed by atoms with Gasteiger partial charge < -0.3 is 10.0 Å². The lowest BCUT2D eigenvalue weighted by Crippen LogP contribution is -2.25. The highest BCUT2D eigenvalue weighted by Gasteiger charge is 2.42. The molecule has 1 saturated heterocycles. The predicted molar refractivity (Wildman–Crippen MR) is 68.9 cm³/mol. The van der Waals surface area contributed by atoms with Crippen LogP contribution in [0, 0.1) is 18.8 Å². The highest BCUT2D eigenvalue weighted by Crippen LogP contribution is 2.39. The molecule has 0 radical (unpaired) electrons. The van der Waals surface area contributed by atoms with Crippen molar-refractivity contribution in [1.29, 1.82) is 0 Å². The Morgan fingerprint density at radius 1 is 1.35 bits per heavy atom. The van der Waals surface area contributed by atoms with Crippen molar-refractivity contribution in [2.24, 2.45) is 11.8 Å². The molecule has 4 nitrogen and oxygen atoms in total. The van der Waals surface area contributed by atoms with E-state index >= 15 is 0 Å². The molecule has 2 fully saturated rings. The summed E-state index contributed by atoms with van der Waals surface area (Å²) in [5, 5.41) is 9.90. The van der Waals surface area contributed by atoms with Crippen LogP contribution in [0.2, 0.25) is 0 Å². The van der Waals surface area contributed by atoms with Crippen LogP contribution in [0.1, 0.15) is 18.7 Å². The molecule has 3 rings (SSSR count). The van der Waals surface area contributed by atoms with Gasteiger partial charge in [0.1, 0.15) is 16.2 Å². The van der Waals surface area contributed by atoms with E-state index in [1.807, 2.05) is 13.0 Å². The largest absolute Gasteiger partial charge is 0.393 e. The van der Waals surface area contributed by atoms with E-state index in [1.165, 1.54) is 0 Å². The number of aromatic nitrogens is 2. The number of fused-ring (bicyclic) bond motifs is 1. The minimum absolute atomic E-state index is 0.114. The standard InChI is InChI=1S/C12H16BrN3O/c1-7-14-11(13)4-12(15-7)16-5-8-2-3-10(17)9(8)6-16/h4,8-10,17H,2-3,5-6H2,1H3. The molecule has 3 atom stereocenters. The van der Waals surface area contributed by atoms with E-state index in [2.05, 4.69) is 30.8 Å². The summed E-state index contributed by atoms with van der Waals surface area (Å²) in [6.07, 6.45) is 2.00. The van der Waals surface area contributed by atoms with Crippen LogP contribution in [0.3, 0.4) is 0 Å². The Labute approximate surface area is 109 Å². The van der Waals surface area contributed by atoms with Gasteiger partial charge in [0.15, 0.2) is 0 Å². The van der Waals surface area contributed by atoms with Crippen LogP contribution in [0.5, 0.6) is 0 Å². The molecule has 92 valence electrons. The summed E-state index contributed by atoms with van der Waals surface area (Å²) in [5.74, 6) is 2.83. The molecule has 2 heterocycles. The molecule has 17 heavy (non-hydrogen) atoms. The van der Waals surface area contributed by atoms with Gasteiger partial charge in [0.25, 0.3) is 0 Å². The zero-order valence-corrected chi connectivity index (χ0v) is 11.4. The van der Waals surface area contributed by atoms with Crippen molar-refractivity contribution in [2.45, 2.75) is 25.9 Å². The van der Waals surface area contributed by atoms with Gasteiger partial charge in [0.2, 0.25) is 0 Å². The van der Waals surface area contributed by atoms with Gasteiger partial charge in [-0.25, -0.2) is 9.97 Å². The molecule has 0 aromatic carbocycles. The topological polar surface area (TPSA) is 49.2 Å². The molecule has 0 amide bonds. The monoisotopic (exact) mass is 297 g/mol. The summed E-state index contributed by atoms with van der Waals surface area (Å²) >= 11 is 3.41. The molecule has 1 aromatic heterocycles. The average Bonchev–Trinajstić information content (AvgIpc) is 2.80. The van der Waals surface area contributed by atoms with Crippen LogP contribution < -0.4 is 4.90 Å². The second-order valence-electron chi connectivity index (χ2n) is 5.07. The smallest absolute Gasteiger partial charge is 0.133 e. The number of rotatable bonds is 1. The van der Waals surface area contributed by atoms with E-state index in [1.54, 1.807) is 0 Å².